The number of anilines is 1. The Morgan fingerprint density at radius 3 is 2.16 bits per heavy atom. The SMILES string of the molecule is CC[C@H](C(=O)NC)N(Cc1ccccc1Cl)C(=O)CN(c1cccc(Cl)c1C)S(=O)(=O)c1ccccc1. The molecule has 0 bridgehead atoms. The summed E-state index contributed by atoms with van der Waals surface area (Å²) in [7, 11) is -2.67. The second-order valence-electron chi connectivity index (χ2n) is 8.36. The van der Waals surface area contributed by atoms with Gasteiger partial charge in [-0.2, -0.15) is 0 Å². The summed E-state index contributed by atoms with van der Waals surface area (Å²) in [5.74, 6) is -0.923. The van der Waals surface area contributed by atoms with Crippen molar-refractivity contribution in [2.45, 2.75) is 37.8 Å². The number of nitrogens with one attached hydrogen (secondary N) is 1. The molecule has 3 aromatic carbocycles. The summed E-state index contributed by atoms with van der Waals surface area (Å²) < 4.78 is 28.7. The second-order valence-corrected chi connectivity index (χ2v) is 11.0. The molecule has 1 atom stereocenters. The van der Waals surface area contributed by atoms with Gasteiger partial charge in [-0.05, 0) is 54.8 Å². The van der Waals surface area contributed by atoms with Crippen molar-refractivity contribution >= 4 is 50.7 Å². The van der Waals surface area contributed by atoms with Crippen LogP contribution < -0.4 is 9.62 Å². The first-order chi connectivity index (χ1) is 17.6. The molecule has 3 rings (SSSR count). The summed E-state index contributed by atoms with van der Waals surface area (Å²) in [5.41, 5.74) is 1.42. The molecular weight excluding hydrogens is 533 g/mol. The maximum atomic E-state index is 13.9. The third-order valence-electron chi connectivity index (χ3n) is 6.05. The smallest absolute Gasteiger partial charge is 0.264 e. The number of sulfonamides is 1. The molecule has 0 saturated carbocycles. The van der Waals surface area contributed by atoms with Gasteiger partial charge in [0.2, 0.25) is 11.8 Å². The van der Waals surface area contributed by atoms with Gasteiger partial charge in [0.15, 0.2) is 0 Å². The van der Waals surface area contributed by atoms with Crippen LogP contribution in [0.1, 0.15) is 24.5 Å². The van der Waals surface area contributed by atoms with Crippen molar-refractivity contribution in [2.24, 2.45) is 0 Å². The van der Waals surface area contributed by atoms with Crippen molar-refractivity contribution in [1.82, 2.24) is 10.2 Å². The van der Waals surface area contributed by atoms with Crippen LogP contribution in [0, 0.1) is 6.92 Å². The van der Waals surface area contributed by atoms with Gasteiger partial charge < -0.3 is 10.2 Å². The van der Waals surface area contributed by atoms with Crippen LogP contribution in [-0.2, 0) is 26.2 Å². The Bertz CT molecular complexity index is 1370. The van der Waals surface area contributed by atoms with E-state index in [-0.39, 0.29) is 23.0 Å². The quantitative estimate of drug-likeness (QED) is 0.375. The van der Waals surface area contributed by atoms with E-state index >= 15 is 0 Å². The van der Waals surface area contributed by atoms with Gasteiger partial charge >= 0.3 is 0 Å². The maximum absolute atomic E-state index is 13.9. The number of carbonyl (C=O) groups is 2. The summed E-state index contributed by atoms with van der Waals surface area (Å²) in [6.45, 7) is 2.96. The van der Waals surface area contributed by atoms with Gasteiger partial charge in [0.05, 0.1) is 10.6 Å². The molecule has 0 aromatic heterocycles. The van der Waals surface area contributed by atoms with Gasteiger partial charge in [0.25, 0.3) is 10.0 Å². The summed E-state index contributed by atoms with van der Waals surface area (Å²) in [5, 5.41) is 3.39. The van der Waals surface area contributed by atoms with Crippen molar-refractivity contribution < 1.29 is 18.0 Å². The van der Waals surface area contributed by atoms with E-state index in [0.717, 1.165) is 4.31 Å². The summed E-state index contributed by atoms with van der Waals surface area (Å²) >= 11 is 12.7. The number of hydrogen-bond donors (Lipinski definition) is 1. The maximum Gasteiger partial charge on any atom is 0.264 e. The van der Waals surface area contributed by atoms with Crippen molar-refractivity contribution in [3.8, 4) is 0 Å². The molecule has 0 heterocycles. The molecule has 2 amide bonds. The molecule has 3 aromatic rings. The zero-order valence-corrected chi connectivity index (χ0v) is 23.1. The number of nitrogens with zero attached hydrogens (tertiary/aromatic N) is 2. The van der Waals surface area contributed by atoms with Gasteiger partial charge in [0, 0.05) is 23.6 Å². The Labute approximate surface area is 228 Å². The fraction of sp³-hybridized carbons (Fsp3) is 0.259. The van der Waals surface area contributed by atoms with Crippen molar-refractivity contribution in [2.75, 3.05) is 17.9 Å². The van der Waals surface area contributed by atoms with Crippen molar-refractivity contribution in [3.05, 3.63) is 94.0 Å². The minimum atomic E-state index is -4.16. The fourth-order valence-corrected chi connectivity index (χ4v) is 5.85. The molecular formula is C27H29Cl2N3O4S. The summed E-state index contributed by atoms with van der Waals surface area (Å²) in [6.07, 6.45) is 0.317. The van der Waals surface area contributed by atoms with Crippen LogP contribution in [0.5, 0.6) is 0 Å². The molecule has 0 unspecified atom stereocenters. The number of halogens is 2. The lowest BCUT2D eigenvalue weighted by atomic mass is 10.1. The third kappa shape index (κ3) is 6.44. The predicted octanol–water partition coefficient (Wildman–Crippen LogP) is 5.05. The number of amides is 2. The van der Waals surface area contributed by atoms with E-state index in [0.29, 0.717) is 27.6 Å². The van der Waals surface area contributed by atoms with E-state index in [1.165, 1.54) is 24.1 Å². The van der Waals surface area contributed by atoms with E-state index in [4.69, 9.17) is 23.2 Å². The Balaban J connectivity index is 2.11. The minimum absolute atomic E-state index is 0.0260. The van der Waals surface area contributed by atoms with Gasteiger partial charge in [-0.15, -0.1) is 0 Å². The van der Waals surface area contributed by atoms with Gasteiger partial charge in [0.1, 0.15) is 12.6 Å². The molecule has 0 spiro atoms. The van der Waals surface area contributed by atoms with Crippen LogP contribution in [0.2, 0.25) is 10.0 Å². The monoisotopic (exact) mass is 561 g/mol. The van der Waals surface area contributed by atoms with Crippen LogP contribution in [0.15, 0.2) is 77.7 Å². The number of benzene rings is 3. The minimum Gasteiger partial charge on any atom is -0.357 e. The standard InChI is InChI=1S/C27H29Cl2N3O4S/c1-4-24(27(34)30-3)31(17-20-11-8-9-14-23(20)29)26(33)18-32(25-16-10-15-22(28)19(25)2)37(35,36)21-12-6-5-7-13-21/h5-16,24H,4,17-18H2,1-3H3,(H,30,34)/t24-/m1/s1. The zero-order valence-electron chi connectivity index (χ0n) is 20.8. The Morgan fingerprint density at radius 2 is 1.54 bits per heavy atom. The first-order valence-corrected chi connectivity index (χ1v) is 13.9. The predicted molar refractivity (Wildman–Crippen MR) is 147 cm³/mol. The van der Waals surface area contributed by atoms with Crippen LogP contribution in [0.3, 0.4) is 0 Å². The highest BCUT2D eigenvalue weighted by Gasteiger charge is 2.34. The zero-order chi connectivity index (χ0) is 27.2. The fourth-order valence-electron chi connectivity index (χ4n) is 4.00. The normalized spacial score (nSPS) is 12.0. The lowest BCUT2D eigenvalue weighted by molar-refractivity contribution is -0.140. The highest BCUT2D eigenvalue weighted by molar-refractivity contribution is 7.92. The van der Waals surface area contributed by atoms with Gasteiger partial charge in [-0.1, -0.05) is 72.6 Å². The first kappa shape index (κ1) is 28.5. The molecule has 196 valence electrons. The first-order valence-electron chi connectivity index (χ1n) is 11.7. The molecule has 0 saturated heterocycles. The molecule has 0 fully saturated rings. The van der Waals surface area contributed by atoms with E-state index in [1.807, 2.05) is 0 Å². The second kappa shape index (κ2) is 12.4. The summed E-state index contributed by atoms with van der Waals surface area (Å²) in [6, 6.07) is 18.9. The topological polar surface area (TPSA) is 86.8 Å². The number of carbonyl (C=O) groups excluding carboxylic acids is 2. The van der Waals surface area contributed by atoms with E-state index in [2.05, 4.69) is 5.32 Å². The lowest BCUT2D eigenvalue weighted by Gasteiger charge is -2.33. The largest absolute Gasteiger partial charge is 0.357 e. The molecule has 1 N–H and O–H groups in total. The lowest BCUT2D eigenvalue weighted by Crippen LogP contribution is -2.51. The van der Waals surface area contributed by atoms with E-state index in [1.54, 1.807) is 74.5 Å². The summed E-state index contributed by atoms with van der Waals surface area (Å²) in [4.78, 5) is 28.0. The number of hydrogen-bond acceptors (Lipinski definition) is 4. The molecule has 0 aliphatic heterocycles. The Morgan fingerprint density at radius 1 is 0.919 bits per heavy atom. The molecule has 0 aliphatic carbocycles. The van der Waals surface area contributed by atoms with E-state index < -0.39 is 28.5 Å². The van der Waals surface area contributed by atoms with Gasteiger partial charge in [-0.25, -0.2) is 8.42 Å². The van der Waals surface area contributed by atoms with Crippen LogP contribution >= 0.6 is 23.2 Å². The third-order valence-corrected chi connectivity index (χ3v) is 8.60. The molecule has 0 radical (unpaired) electrons. The van der Waals surface area contributed by atoms with Gasteiger partial charge in [-0.3, -0.25) is 13.9 Å². The van der Waals surface area contributed by atoms with Crippen molar-refractivity contribution in [3.63, 3.8) is 0 Å². The van der Waals surface area contributed by atoms with Crippen LogP contribution in [0.25, 0.3) is 0 Å². The number of rotatable bonds is 10. The van der Waals surface area contributed by atoms with Crippen molar-refractivity contribution in [1.29, 1.82) is 0 Å². The van der Waals surface area contributed by atoms with Crippen LogP contribution in [0.4, 0.5) is 5.69 Å². The highest BCUT2D eigenvalue weighted by atomic mass is 35.5. The van der Waals surface area contributed by atoms with E-state index in [9.17, 15) is 18.0 Å². The Hall–Kier alpha value is -3.07. The molecule has 10 heteroatoms. The average molecular weight is 563 g/mol. The molecule has 0 aliphatic rings. The molecule has 37 heavy (non-hydrogen) atoms. The average Bonchev–Trinajstić information content (AvgIpc) is 2.90. The molecule has 7 nitrogen and oxygen atoms in total. The number of likely N-dealkylation sites (N-methyl/N-ethyl adjacent to an activating group) is 1. The highest BCUT2D eigenvalue weighted by Crippen LogP contribution is 2.31. The Kier molecular flexibility index (Phi) is 9.59. The van der Waals surface area contributed by atoms with Crippen LogP contribution in [-0.4, -0.2) is 44.8 Å².